The summed E-state index contributed by atoms with van der Waals surface area (Å²) in [6, 6.07) is 3.06. The third-order valence-electron chi connectivity index (χ3n) is 7.90. The molecule has 0 radical (unpaired) electrons. The van der Waals surface area contributed by atoms with E-state index >= 15 is 0 Å². The molecule has 0 aromatic heterocycles. The molecule has 9 nitrogen and oxygen atoms in total. The molecule has 0 saturated heterocycles. The van der Waals surface area contributed by atoms with Crippen LogP contribution >= 0.6 is 0 Å². The fourth-order valence-corrected chi connectivity index (χ4v) is 6.03. The minimum absolute atomic E-state index is 0.0473. The van der Waals surface area contributed by atoms with Crippen LogP contribution in [0.5, 0.6) is 5.75 Å². The highest BCUT2D eigenvalue weighted by Crippen LogP contribution is 2.49. The number of hydrogen-bond acceptors (Lipinski definition) is 8. The Labute approximate surface area is 225 Å². The smallest absolute Gasteiger partial charge is 0.225 e. The number of phenols is 1. The van der Waals surface area contributed by atoms with Gasteiger partial charge in [-0.1, -0.05) is 42.5 Å². The number of Topliss-reactive ketones (excluding diaryl/α,β-unsaturated/α-hetero) is 3. The molecule has 5 N–H and O–H groups in total. The highest BCUT2D eigenvalue weighted by atomic mass is 16.3. The highest BCUT2D eigenvalue weighted by molar-refractivity contribution is 6.24. The molecule has 1 aromatic rings. The van der Waals surface area contributed by atoms with Crippen LogP contribution in [0, 0.1) is 17.8 Å². The zero-order valence-corrected chi connectivity index (χ0v) is 21.3. The van der Waals surface area contributed by atoms with Crippen LogP contribution in [0.4, 0.5) is 0 Å². The molecular weight excluding hydrogens is 502 g/mol. The van der Waals surface area contributed by atoms with Crippen molar-refractivity contribution < 1.29 is 39.3 Å². The van der Waals surface area contributed by atoms with Crippen molar-refractivity contribution in [3.8, 4) is 5.75 Å². The van der Waals surface area contributed by atoms with Gasteiger partial charge in [0.05, 0.1) is 17.9 Å². The lowest BCUT2D eigenvalue weighted by atomic mass is 9.57. The zero-order valence-electron chi connectivity index (χ0n) is 21.3. The van der Waals surface area contributed by atoms with Crippen LogP contribution in [0.1, 0.15) is 53.6 Å². The molecular formula is C30H31NO8. The van der Waals surface area contributed by atoms with Gasteiger partial charge in [0.1, 0.15) is 12.0 Å². The number of hydrogen-bond donors (Lipinski definition) is 4. The van der Waals surface area contributed by atoms with Crippen molar-refractivity contribution in [2.24, 2.45) is 23.5 Å². The number of benzene rings is 1. The second kappa shape index (κ2) is 11.4. The Hall–Kier alpha value is -3.95. The molecule has 0 aliphatic heterocycles. The summed E-state index contributed by atoms with van der Waals surface area (Å²) < 4.78 is 0. The molecule has 4 atom stereocenters. The molecule has 1 aromatic carbocycles. The SMILES string of the molecule is NC(=O)CC(=O)[C@@]1(O)C(=O)C2C(=O)c3c(O)ccc(C4=CC=C(C=O)CC=CC=CC4)c3CC2C[C@H]1CCO. The average molecular weight is 534 g/mol. The Balaban J connectivity index is 1.82. The number of ketones is 3. The minimum atomic E-state index is -2.65. The Kier molecular flexibility index (Phi) is 8.22. The van der Waals surface area contributed by atoms with Crippen LogP contribution in [0.2, 0.25) is 0 Å². The molecule has 1 fully saturated rings. The fraction of sp³-hybridized carbons (Fsp3) is 0.367. The number of fused-ring (bicyclic) bond motifs is 2. The number of nitrogens with two attached hydrogens (primary N) is 1. The first kappa shape index (κ1) is 28.1. The van der Waals surface area contributed by atoms with Crippen molar-refractivity contribution in [2.75, 3.05) is 6.61 Å². The number of aromatic hydroxyl groups is 1. The number of aldehydes is 1. The second-order valence-electron chi connectivity index (χ2n) is 10.2. The van der Waals surface area contributed by atoms with E-state index in [4.69, 9.17) is 5.73 Å². The maximum atomic E-state index is 13.8. The molecule has 204 valence electrons. The lowest BCUT2D eigenvalue weighted by Gasteiger charge is -2.46. The molecule has 9 heteroatoms. The largest absolute Gasteiger partial charge is 0.507 e. The van der Waals surface area contributed by atoms with Gasteiger partial charge in [-0.15, -0.1) is 0 Å². The van der Waals surface area contributed by atoms with E-state index in [2.05, 4.69) is 0 Å². The summed E-state index contributed by atoms with van der Waals surface area (Å²) in [6.45, 7) is -0.420. The topological polar surface area (TPSA) is 172 Å². The number of carbonyl (C=O) groups excluding carboxylic acids is 5. The number of phenolic OH excluding ortho intramolecular Hbond substituents is 1. The van der Waals surface area contributed by atoms with Gasteiger partial charge in [0.25, 0.3) is 0 Å². The molecule has 0 heterocycles. The van der Waals surface area contributed by atoms with E-state index in [0.717, 1.165) is 11.9 Å². The van der Waals surface area contributed by atoms with Crippen molar-refractivity contribution in [3.63, 3.8) is 0 Å². The van der Waals surface area contributed by atoms with Gasteiger partial charge >= 0.3 is 0 Å². The first-order valence-corrected chi connectivity index (χ1v) is 12.9. The maximum Gasteiger partial charge on any atom is 0.225 e. The van der Waals surface area contributed by atoms with Crippen LogP contribution < -0.4 is 5.73 Å². The van der Waals surface area contributed by atoms with Gasteiger partial charge in [0.2, 0.25) is 5.91 Å². The van der Waals surface area contributed by atoms with E-state index in [1.807, 2.05) is 24.3 Å². The van der Waals surface area contributed by atoms with Crippen LogP contribution in [-0.4, -0.2) is 57.1 Å². The summed E-state index contributed by atoms with van der Waals surface area (Å²) in [5.74, 6) is -7.20. The molecule has 2 unspecified atom stereocenters. The molecule has 1 amide bonds. The van der Waals surface area contributed by atoms with Gasteiger partial charge in [0.15, 0.2) is 23.0 Å². The van der Waals surface area contributed by atoms with Gasteiger partial charge in [0, 0.05) is 12.5 Å². The normalized spacial score (nSPS) is 26.7. The van der Waals surface area contributed by atoms with Gasteiger partial charge in [-0.25, -0.2) is 0 Å². The Bertz CT molecular complexity index is 1350. The second-order valence-corrected chi connectivity index (χ2v) is 10.2. The lowest BCUT2D eigenvalue weighted by molar-refractivity contribution is -0.167. The Morgan fingerprint density at radius 3 is 2.49 bits per heavy atom. The van der Waals surface area contributed by atoms with E-state index in [-0.39, 0.29) is 30.6 Å². The van der Waals surface area contributed by atoms with Gasteiger partial charge < -0.3 is 21.1 Å². The molecule has 4 rings (SSSR count). The highest BCUT2D eigenvalue weighted by Gasteiger charge is 2.60. The predicted molar refractivity (Wildman–Crippen MR) is 141 cm³/mol. The zero-order chi connectivity index (χ0) is 28.3. The van der Waals surface area contributed by atoms with Crippen LogP contribution in [0.3, 0.4) is 0 Å². The third-order valence-corrected chi connectivity index (χ3v) is 7.90. The van der Waals surface area contributed by atoms with E-state index < -0.39 is 59.6 Å². The lowest BCUT2D eigenvalue weighted by Crippen LogP contribution is -2.63. The summed E-state index contributed by atoms with van der Waals surface area (Å²) in [7, 11) is 0. The van der Waals surface area contributed by atoms with Gasteiger partial charge in [-0.2, -0.15) is 0 Å². The van der Waals surface area contributed by atoms with E-state index in [1.54, 1.807) is 18.2 Å². The van der Waals surface area contributed by atoms with Gasteiger partial charge in [-0.05, 0) is 66.4 Å². The van der Waals surface area contributed by atoms with E-state index in [1.165, 1.54) is 6.07 Å². The number of aliphatic hydroxyl groups excluding tert-OH is 1. The predicted octanol–water partition coefficient (Wildman–Crippen LogP) is 1.93. The van der Waals surface area contributed by atoms with Crippen molar-refractivity contribution in [1.29, 1.82) is 0 Å². The first-order valence-electron chi connectivity index (χ1n) is 12.9. The first-order chi connectivity index (χ1) is 18.6. The Morgan fingerprint density at radius 2 is 1.82 bits per heavy atom. The number of rotatable bonds is 7. The van der Waals surface area contributed by atoms with Gasteiger partial charge in [-0.3, -0.25) is 24.0 Å². The molecule has 1 saturated carbocycles. The van der Waals surface area contributed by atoms with Crippen LogP contribution in [0.15, 0.2) is 54.2 Å². The number of aliphatic hydroxyl groups is 2. The van der Waals surface area contributed by atoms with Crippen molar-refractivity contribution >= 4 is 35.1 Å². The summed E-state index contributed by atoms with van der Waals surface area (Å²) >= 11 is 0. The monoisotopic (exact) mass is 533 g/mol. The van der Waals surface area contributed by atoms with Crippen molar-refractivity contribution in [1.82, 2.24) is 0 Å². The maximum absolute atomic E-state index is 13.8. The molecule has 3 aliphatic rings. The van der Waals surface area contributed by atoms with E-state index in [9.17, 15) is 39.3 Å². The van der Waals surface area contributed by atoms with E-state index in [0.29, 0.717) is 29.5 Å². The fourth-order valence-electron chi connectivity index (χ4n) is 6.03. The molecule has 0 spiro atoms. The minimum Gasteiger partial charge on any atom is -0.507 e. The number of carbonyl (C=O) groups is 5. The van der Waals surface area contributed by atoms with Crippen molar-refractivity contribution in [2.45, 2.75) is 44.1 Å². The number of allylic oxidation sites excluding steroid dienone is 8. The summed E-state index contributed by atoms with van der Waals surface area (Å²) in [5, 5.41) is 31.7. The molecule has 0 bridgehead atoms. The number of amides is 1. The Morgan fingerprint density at radius 1 is 1.10 bits per heavy atom. The van der Waals surface area contributed by atoms with Crippen LogP contribution in [-0.2, 0) is 25.6 Å². The summed E-state index contributed by atoms with van der Waals surface area (Å²) in [6.07, 6.45) is 12.0. The molecule has 3 aliphatic carbocycles. The standard InChI is InChI=1S/C30H31NO8/c31-25(36)15-24(35)30(39)20(11-12-32)13-19-14-22-21(9-10-23(34)27(22)28(37)26(19)29(30)38)18-6-4-2-1-3-5-17(16-33)7-8-18/h1-4,7-10,16,19-20,26,32,34,39H,5-6,11-15H2,(H2,31,36)/t19?,20-,26?,30-/m1/s1. The summed E-state index contributed by atoms with van der Waals surface area (Å²) in [4.78, 5) is 63.2. The average Bonchev–Trinajstić information content (AvgIpc) is 2.89. The number of primary amides is 1. The summed E-state index contributed by atoms with van der Waals surface area (Å²) in [5.41, 5.74) is 5.03. The molecule has 39 heavy (non-hydrogen) atoms. The third kappa shape index (κ3) is 5.20. The quantitative estimate of drug-likeness (QED) is 0.304. The van der Waals surface area contributed by atoms with Crippen molar-refractivity contribution in [3.05, 3.63) is 70.9 Å². The van der Waals surface area contributed by atoms with Crippen LogP contribution in [0.25, 0.3) is 5.57 Å².